The van der Waals surface area contributed by atoms with Crippen molar-refractivity contribution in [2.75, 3.05) is 7.11 Å². The van der Waals surface area contributed by atoms with E-state index in [0.29, 0.717) is 33.5 Å². The summed E-state index contributed by atoms with van der Waals surface area (Å²) in [6, 6.07) is 12.5. The molecule has 4 nitrogen and oxygen atoms in total. The monoisotopic (exact) mass is 478 g/mol. The van der Waals surface area contributed by atoms with Crippen LogP contribution in [-0.2, 0) is 0 Å². The smallest absolute Gasteiger partial charge is 0.352 e. The van der Waals surface area contributed by atoms with Crippen LogP contribution in [0.4, 0.5) is 4.39 Å². The van der Waals surface area contributed by atoms with Crippen molar-refractivity contribution in [2.24, 2.45) is 0 Å². The minimum atomic E-state index is -0.558. The molecule has 0 bridgehead atoms. The SMILES string of the molecule is CC.COc1cc(-c2ccc(F)cc2Cl)c2cnc(=O)n(-c3c(Cl)cccc3Cl)c2c1. The molecule has 3 aromatic carbocycles. The molecule has 0 N–H and O–H groups in total. The van der Waals surface area contributed by atoms with E-state index in [9.17, 15) is 9.18 Å². The second-order valence-electron chi connectivity index (χ2n) is 6.18. The third kappa shape index (κ3) is 4.40. The average molecular weight is 480 g/mol. The molecule has 0 saturated heterocycles. The van der Waals surface area contributed by atoms with E-state index in [0.717, 1.165) is 0 Å². The van der Waals surface area contributed by atoms with Crippen molar-refractivity contribution in [3.05, 3.63) is 86.1 Å². The Bertz CT molecular complexity index is 1300. The predicted octanol–water partition coefficient (Wildman–Crippen LogP) is 7.19. The molecule has 1 aromatic heterocycles. The van der Waals surface area contributed by atoms with Crippen LogP contribution >= 0.6 is 34.8 Å². The molecular formula is C23H18Cl3FN2O2. The molecule has 0 unspecified atom stereocenters. The van der Waals surface area contributed by atoms with Gasteiger partial charge in [0.05, 0.1) is 33.4 Å². The Morgan fingerprint density at radius 1 is 0.935 bits per heavy atom. The van der Waals surface area contributed by atoms with E-state index in [-0.39, 0.29) is 15.1 Å². The van der Waals surface area contributed by atoms with Gasteiger partial charge in [0.25, 0.3) is 0 Å². The van der Waals surface area contributed by atoms with Gasteiger partial charge in [0.2, 0.25) is 0 Å². The van der Waals surface area contributed by atoms with E-state index < -0.39 is 11.5 Å². The Kier molecular flexibility index (Phi) is 7.21. The summed E-state index contributed by atoms with van der Waals surface area (Å²) in [5.74, 6) is 0.0132. The van der Waals surface area contributed by atoms with Crippen molar-refractivity contribution in [3.63, 3.8) is 0 Å². The molecule has 8 heteroatoms. The highest BCUT2D eigenvalue weighted by molar-refractivity contribution is 6.38. The van der Waals surface area contributed by atoms with Crippen LogP contribution in [0.15, 0.2) is 59.5 Å². The molecule has 0 saturated carbocycles. The molecule has 1 heterocycles. The second kappa shape index (κ2) is 9.69. The van der Waals surface area contributed by atoms with Crippen LogP contribution in [0.5, 0.6) is 5.75 Å². The van der Waals surface area contributed by atoms with Gasteiger partial charge in [-0.25, -0.2) is 14.2 Å². The Morgan fingerprint density at radius 2 is 1.61 bits per heavy atom. The van der Waals surface area contributed by atoms with E-state index in [2.05, 4.69) is 4.98 Å². The van der Waals surface area contributed by atoms with Crippen LogP contribution in [0, 0.1) is 5.82 Å². The van der Waals surface area contributed by atoms with Gasteiger partial charge in [-0.3, -0.25) is 4.57 Å². The molecular weight excluding hydrogens is 462 g/mol. The van der Waals surface area contributed by atoms with Gasteiger partial charge in [-0.15, -0.1) is 0 Å². The molecule has 160 valence electrons. The van der Waals surface area contributed by atoms with Gasteiger partial charge < -0.3 is 4.74 Å². The van der Waals surface area contributed by atoms with Crippen LogP contribution in [0.2, 0.25) is 15.1 Å². The van der Waals surface area contributed by atoms with E-state index in [1.54, 1.807) is 36.4 Å². The third-order valence-corrected chi connectivity index (χ3v) is 5.41. The van der Waals surface area contributed by atoms with Gasteiger partial charge >= 0.3 is 5.69 Å². The first-order valence-corrected chi connectivity index (χ1v) is 10.5. The zero-order valence-electron chi connectivity index (χ0n) is 16.9. The molecule has 0 aliphatic heterocycles. The van der Waals surface area contributed by atoms with Crippen molar-refractivity contribution in [1.29, 1.82) is 0 Å². The first-order valence-electron chi connectivity index (χ1n) is 9.40. The summed E-state index contributed by atoms with van der Waals surface area (Å²) in [5.41, 5.74) is 1.40. The molecule has 0 spiro atoms. The highest BCUT2D eigenvalue weighted by atomic mass is 35.5. The minimum absolute atomic E-state index is 0.216. The van der Waals surface area contributed by atoms with E-state index in [4.69, 9.17) is 39.5 Å². The number of halogens is 4. The quantitative estimate of drug-likeness (QED) is 0.312. The maximum atomic E-state index is 13.6. The first-order chi connectivity index (χ1) is 14.9. The summed E-state index contributed by atoms with van der Waals surface area (Å²) in [7, 11) is 1.50. The lowest BCUT2D eigenvalue weighted by Crippen LogP contribution is -2.22. The minimum Gasteiger partial charge on any atom is -0.497 e. The first kappa shape index (κ1) is 23.1. The molecule has 4 aromatic rings. The third-order valence-electron chi connectivity index (χ3n) is 4.49. The fraction of sp³-hybridized carbons (Fsp3) is 0.130. The molecule has 0 aliphatic carbocycles. The van der Waals surface area contributed by atoms with Crippen LogP contribution in [0.25, 0.3) is 27.7 Å². The van der Waals surface area contributed by atoms with Gasteiger partial charge in [0.15, 0.2) is 0 Å². The Hall–Kier alpha value is -2.60. The number of rotatable bonds is 3. The van der Waals surface area contributed by atoms with Crippen LogP contribution in [0.3, 0.4) is 0 Å². The van der Waals surface area contributed by atoms with Crippen molar-refractivity contribution < 1.29 is 9.13 Å². The Labute approximate surface area is 193 Å². The van der Waals surface area contributed by atoms with Crippen molar-refractivity contribution in [3.8, 4) is 22.6 Å². The number of fused-ring (bicyclic) bond motifs is 1. The second-order valence-corrected chi connectivity index (χ2v) is 7.40. The van der Waals surface area contributed by atoms with Crippen molar-refractivity contribution in [1.82, 2.24) is 9.55 Å². The maximum Gasteiger partial charge on any atom is 0.352 e. The van der Waals surface area contributed by atoms with E-state index >= 15 is 0 Å². The zero-order chi connectivity index (χ0) is 22.7. The zero-order valence-corrected chi connectivity index (χ0v) is 19.2. The predicted molar refractivity (Wildman–Crippen MR) is 126 cm³/mol. The summed E-state index contributed by atoms with van der Waals surface area (Å²) >= 11 is 19.0. The summed E-state index contributed by atoms with van der Waals surface area (Å²) in [5, 5.41) is 1.39. The van der Waals surface area contributed by atoms with Crippen LogP contribution in [-0.4, -0.2) is 16.7 Å². The Morgan fingerprint density at radius 3 is 2.23 bits per heavy atom. The van der Waals surface area contributed by atoms with Gasteiger partial charge in [-0.2, -0.15) is 0 Å². The van der Waals surface area contributed by atoms with Gasteiger partial charge in [0.1, 0.15) is 11.6 Å². The molecule has 31 heavy (non-hydrogen) atoms. The maximum absolute atomic E-state index is 13.6. The average Bonchev–Trinajstić information content (AvgIpc) is 2.75. The van der Waals surface area contributed by atoms with Crippen molar-refractivity contribution >= 4 is 45.7 Å². The van der Waals surface area contributed by atoms with E-state index in [1.165, 1.54) is 30.0 Å². The van der Waals surface area contributed by atoms with Crippen LogP contribution < -0.4 is 10.4 Å². The summed E-state index contributed by atoms with van der Waals surface area (Å²) in [4.78, 5) is 16.7. The highest BCUT2D eigenvalue weighted by Crippen LogP contribution is 2.38. The number of ether oxygens (including phenoxy) is 1. The summed E-state index contributed by atoms with van der Waals surface area (Å²) in [6.45, 7) is 4.00. The molecule has 0 aliphatic rings. The normalized spacial score (nSPS) is 10.5. The number of hydrogen-bond acceptors (Lipinski definition) is 3. The summed E-state index contributed by atoms with van der Waals surface area (Å²) < 4.78 is 20.3. The number of aromatic nitrogens is 2. The molecule has 4 rings (SSSR count). The lowest BCUT2D eigenvalue weighted by Gasteiger charge is -2.16. The fourth-order valence-electron chi connectivity index (χ4n) is 3.18. The number of para-hydroxylation sites is 1. The molecule has 0 amide bonds. The van der Waals surface area contributed by atoms with Crippen LogP contribution in [0.1, 0.15) is 13.8 Å². The van der Waals surface area contributed by atoms with Crippen molar-refractivity contribution in [2.45, 2.75) is 13.8 Å². The lowest BCUT2D eigenvalue weighted by molar-refractivity contribution is 0.415. The number of benzene rings is 3. The van der Waals surface area contributed by atoms with Gasteiger partial charge in [-0.1, -0.05) is 54.7 Å². The standard InChI is InChI=1S/C21H12Cl3FN2O2.C2H6/c1-29-12-8-14(13-6-5-11(25)7-18(13)24)15-10-26-21(28)27(19(15)9-12)20-16(22)3-2-4-17(20)23;1-2/h2-10H,1H3;1-2H3. The lowest BCUT2D eigenvalue weighted by atomic mass is 10.0. The topological polar surface area (TPSA) is 44.1 Å². The number of methoxy groups -OCH3 is 1. The molecule has 0 atom stereocenters. The van der Waals surface area contributed by atoms with Gasteiger partial charge in [0, 0.05) is 23.2 Å². The largest absolute Gasteiger partial charge is 0.497 e. The Balaban J connectivity index is 0.00000132. The fourth-order valence-corrected chi connectivity index (χ4v) is 4.02. The number of hydrogen-bond donors (Lipinski definition) is 0. The van der Waals surface area contributed by atoms with Gasteiger partial charge in [-0.05, 0) is 42.0 Å². The van der Waals surface area contributed by atoms with E-state index in [1.807, 2.05) is 13.8 Å². The summed E-state index contributed by atoms with van der Waals surface area (Å²) in [6.07, 6.45) is 1.44. The molecule has 0 radical (unpaired) electrons. The molecule has 0 fully saturated rings. The highest BCUT2D eigenvalue weighted by Gasteiger charge is 2.18. The number of nitrogens with zero attached hydrogens (tertiary/aromatic N) is 2.